The van der Waals surface area contributed by atoms with Gasteiger partial charge in [-0.15, -0.1) is 0 Å². The molecule has 0 aromatic rings. The van der Waals surface area contributed by atoms with Gasteiger partial charge >= 0.3 is 0 Å². The second-order valence-electron chi connectivity index (χ2n) is 4.48. The van der Waals surface area contributed by atoms with Crippen LogP contribution in [0.4, 0.5) is 0 Å². The van der Waals surface area contributed by atoms with Gasteiger partial charge in [0.25, 0.3) is 0 Å². The van der Waals surface area contributed by atoms with E-state index in [9.17, 15) is 10.2 Å². The Morgan fingerprint density at radius 3 is 2.50 bits per heavy atom. The third-order valence-electron chi connectivity index (χ3n) is 3.99. The quantitative estimate of drug-likeness (QED) is 0.516. The number of aliphatic hydroxyl groups is 2. The SMILES string of the molecule is OC1CC2C3C=CC(C3)C2C1O. The van der Waals surface area contributed by atoms with Crippen molar-refractivity contribution in [1.29, 1.82) is 0 Å². The van der Waals surface area contributed by atoms with E-state index in [0.717, 1.165) is 6.42 Å². The van der Waals surface area contributed by atoms with E-state index >= 15 is 0 Å². The van der Waals surface area contributed by atoms with E-state index < -0.39 is 12.2 Å². The monoisotopic (exact) mass is 166 g/mol. The summed E-state index contributed by atoms with van der Waals surface area (Å²) in [6.45, 7) is 0. The lowest BCUT2D eigenvalue weighted by Crippen LogP contribution is -2.28. The largest absolute Gasteiger partial charge is 0.390 e. The van der Waals surface area contributed by atoms with Crippen molar-refractivity contribution in [2.24, 2.45) is 23.7 Å². The summed E-state index contributed by atoms with van der Waals surface area (Å²) in [7, 11) is 0. The Labute approximate surface area is 71.9 Å². The normalized spacial score (nSPS) is 61.2. The van der Waals surface area contributed by atoms with Crippen molar-refractivity contribution in [3.05, 3.63) is 12.2 Å². The summed E-state index contributed by atoms with van der Waals surface area (Å²) in [4.78, 5) is 0. The Morgan fingerprint density at radius 2 is 1.75 bits per heavy atom. The van der Waals surface area contributed by atoms with Gasteiger partial charge in [0, 0.05) is 0 Å². The van der Waals surface area contributed by atoms with Gasteiger partial charge in [-0.3, -0.25) is 0 Å². The van der Waals surface area contributed by atoms with E-state index in [1.807, 2.05) is 0 Å². The minimum absolute atomic E-state index is 0.370. The molecule has 66 valence electrons. The van der Waals surface area contributed by atoms with Crippen LogP contribution < -0.4 is 0 Å². The van der Waals surface area contributed by atoms with Gasteiger partial charge in [-0.05, 0) is 36.5 Å². The van der Waals surface area contributed by atoms with E-state index in [2.05, 4.69) is 12.2 Å². The summed E-state index contributed by atoms with van der Waals surface area (Å²) in [5.74, 6) is 2.17. The molecule has 2 heteroatoms. The van der Waals surface area contributed by atoms with Crippen LogP contribution in [0.2, 0.25) is 0 Å². The molecule has 3 aliphatic rings. The first-order valence-corrected chi connectivity index (χ1v) is 4.82. The van der Waals surface area contributed by atoms with Crippen LogP contribution in [0, 0.1) is 23.7 Å². The molecule has 6 unspecified atom stereocenters. The molecule has 2 fully saturated rings. The fourth-order valence-corrected chi connectivity index (χ4v) is 3.48. The van der Waals surface area contributed by atoms with Crippen molar-refractivity contribution < 1.29 is 10.2 Å². The Balaban J connectivity index is 1.94. The lowest BCUT2D eigenvalue weighted by molar-refractivity contribution is 0.0127. The first-order valence-electron chi connectivity index (χ1n) is 4.82. The van der Waals surface area contributed by atoms with E-state index in [4.69, 9.17) is 0 Å². The van der Waals surface area contributed by atoms with Crippen LogP contribution in [0.1, 0.15) is 12.8 Å². The van der Waals surface area contributed by atoms with Crippen molar-refractivity contribution in [3.8, 4) is 0 Å². The van der Waals surface area contributed by atoms with E-state index in [0.29, 0.717) is 23.7 Å². The topological polar surface area (TPSA) is 40.5 Å². The third-order valence-corrected chi connectivity index (χ3v) is 3.99. The molecule has 2 bridgehead atoms. The second-order valence-corrected chi connectivity index (χ2v) is 4.48. The highest BCUT2D eigenvalue weighted by atomic mass is 16.3. The van der Waals surface area contributed by atoms with Crippen molar-refractivity contribution in [3.63, 3.8) is 0 Å². The van der Waals surface area contributed by atoms with Crippen molar-refractivity contribution in [1.82, 2.24) is 0 Å². The molecule has 2 N–H and O–H groups in total. The van der Waals surface area contributed by atoms with Gasteiger partial charge in [0.1, 0.15) is 0 Å². The molecule has 12 heavy (non-hydrogen) atoms. The smallest absolute Gasteiger partial charge is 0.0835 e. The Hall–Kier alpha value is -0.340. The first-order chi connectivity index (χ1) is 5.77. The average molecular weight is 166 g/mol. The van der Waals surface area contributed by atoms with Crippen LogP contribution in [0.3, 0.4) is 0 Å². The van der Waals surface area contributed by atoms with Crippen molar-refractivity contribution in [2.45, 2.75) is 25.0 Å². The molecule has 0 heterocycles. The van der Waals surface area contributed by atoms with Crippen LogP contribution >= 0.6 is 0 Å². The molecule has 2 nitrogen and oxygen atoms in total. The first kappa shape index (κ1) is 7.10. The maximum absolute atomic E-state index is 9.71. The summed E-state index contributed by atoms with van der Waals surface area (Å²) in [5, 5.41) is 19.2. The summed E-state index contributed by atoms with van der Waals surface area (Å²) in [6, 6.07) is 0. The van der Waals surface area contributed by atoms with Gasteiger partial charge in [-0.25, -0.2) is 0 Å². The molecule has 6 atom stereocenters. The maximum atomic E-state index is 9.71. The molecule has 3 aliphatic carbocycles. The van der Waals surface area contributed by atoms with E-state index in [1.54, 1.807) is 0 Å². The number of hydrogen-bond donors (Lipinski definition) is 2. The van der Waals surface area contributed by atoms with Gasteiger partial charge in [0.05, 0.1) is 12.2 Å². The highest BCUT2D eigenvalue weighted by Crippen LogP contribution is 2.55. The molecule has 0 saturated heterocycles. The van der Waals surface area contributed by atoms with Gasteiger partial charge < -0.3 is 10.2 Å². The zero-order chi connectivity index (χ0) is 8.29. The Kier molecular flexibility index (Phi) is 1.25. The number of fused-ring (bicyclic) bond motifs is 5. The van der Waals surface area contributed by atoms with Gasteiger partial charge in [0.15, 0.2) is 0 Å². The predicted octanol–water partition coefficient (Wildman–Crippen LogP) is 0.550. The summed E-state index contributed by atoms with van der Waals surface area (Å²) in [5.41, 5.74) is 0. The van der Waals surface area contributed by atoms with Crippen LogP contribution in [-0.2, 0) is 0 Å². The highest BCUT2D eigenvalue weighted by Gasteiger charge is 2.54. The molecular formula is C10H14O2. The van der Waals surface area contributed by atoms with Crippen molar-refractivity contribution in [2.75, 3.05) is 0 Å². The van der Waals surface area contributed by atoms with Crippen LogP contribution in [-0.4, -0.2) is 22.4 Å². The standard InChI is InChI=1S/C10H14O2/c11-8-4-7-5-1-2-6(3-5)9(7)10(8)12/h1-2,5-12H,3-4H2. The minimum atomic E-state index is -0.454. The lowest BCUT2D eigenvalue weighted by atomic mass is 9.85. The molecule has 2 saturated carbocycles. The number of aliphatic hydroxyl groups excluding tert-OH is 2. The molecule has 3 rings (SSSR count). The zero-order valence-electron chi connectivity index (χ0n) is 6.93. The summed E-state index contributed by atoms with van der Waals surface area (Å²) in [6.07, 6.45) is 5.64. The van der Waals surface area contributed by atoms with Gasteiger partial charge in [-0.2, -0.15) is 0 Å². The van der Waals surface area contributed by atoms with E-state index in [-0.39, 0.29) is 0 Å². The number of allylic oxidation sites excluding steroid dienone is 2. The summed E-state index contributed by atoms with van der Waals surface area (Å²) >= 11 is 0. The van der Waals surface area contributed by atoms with Gasteiger partial charge in [0.2, 0.25) is 0 Å². The van der Waals surface area contributed by atoms with E-state index in [1.165, 1.54) is 6.42 Å². The second kappa shape index (κ2) is 2.12. The fraction of sp³-hybridized carbons (Fsp3) is 0.800. The van der Waals surface area contributed by atoms with Gasteiger partial charge in [-0.1, -0.05) is 12.2 Å². The number of hydrogen-bond acceptors (Lipinski definition) is 2. The van der Waals surface area contributed by atoms with Crippen LogP contribution in [0.5, 0.6) is 0 Å². The summed E-state index contributed by atoms with van der Waals surface area (Å²) < 4.78 is 0. The lowest BCUT2D eigenvalue weighted by Gasteiger charge is -2.22. The third kappa shape index (κ3) is 0.679. The zero-order valence-corrected chi connectivity index (χ0v) is 6.93. The van der Waals surface area contributed by atoms with Crippen molar-refractivity contribution >= 4 is 0 Å². The Bertz CT molecular complexity index is 236. The van der Waals surface area contributed by atoms with Crippen LogP contribution in [0.25, 0.3) is 0 Å². The predicted molar refractivity (Wildman–Crippen MR) is 44.3 cm³/mol. The Morgan fingerprint density at radius 1 is 1.00 bits per heavy atom. The highest BCUT2D eigenvalue weighted by molar-refractivity contribution is 5.18. The molecule has 0 radical (unpaired) electrons. The molecule has 0 amide bonds. The molecule has 0 aromatic carbocycles. The molecule has 0 aliphatic heterocycles. The molecular weight excluding hydrogens is 152 g/mol. The molecule has 0 aromatic heterocycles. The van der Waals surface area contributed by atoms with Crippen LogP contribution in [0.15, 0.2) is 12.2 Å². The molecule has 0 spiro atoms. The average Bonchev–Trinajstić information content (AvgIpc) is 2.66. The minimum Gasteiger partial charge on any atom is -0.390 e. The fourth-order valence-electron chi connectivity index (χ4n) is 3.48. The maximum Gasteiger partial charge on any atom is 0.0835 e. The number of rotatable bonds is 0.